The monoisotopic (exact) mass is 777 g/mol. The summed E-state index contributed by atoms with van der Waals surface area (Å²) in [5.41, 5.74) is 20.0. The number of anilines is 3. The van der Waals surface area contributed by atoms with E-state index in [0.29, 0.717) is 0 Å². The van der Waals surface area contributed by atoms with E-state index in [2.05, 4.69) is 266 Å². The molecule has 61 heavy (non-hydrogen) atoms. The first-order valence-electron chi connectivity index (χ1n) is 20.9. The van der Waals surface area contributed by atoms with Crippen LogP contribution < -0.4 is 4.90 Å². The predicted octanol–water partition coefficient (Wildman–Crippen LogP) is 16.8. The minimum absolute atomic E-state index is 1.08. The van der Waals surface area contributed by atoms with Gasteiger partial charge in [0.05, 0.1) is 0 Å². The van der Waals surface area contributed by atoms with Gasteiger partial charge in [0.1, 0.15) is 0 Å². The summed E-state index contributed by atoms with van der Waals surface area (Å²) in [5.74, 6) is 0. The number of hydrogen-bond acceptors (Lipinski definition) is 1. The molecule has 10 aromatic rings. The maximum atomic E-state index is 2.36. The normalized spacial score (nSPS) is 11.0. The van der Waals surface area contributed by atoms with Gasteiger partial charge in [0.2, 0.25) is 0 Å². The van der Waals surface area contributed by atoms with Gasteiger partial charge < -0.3 is 4.90 Å². The molecule has 0 saturated carbocycles. The first-order chi connectivity index (χ1) is 30.2. The summed E-state index contributed by atoms with van der Waals surface area (Å²) < 4.78 is 0. The summed E-state index contributed by atoms with van der Waals surface area (Å²) in [7, 11) is 0. The summed E-state index contributed by atoms with van der Waals surface area (Å²) in [4.78, 5) is 2.36. The van der Waals surface area contributed by atoms with E-state index in [9.17, 15) is 0 Å². The summed E-state index contributed by atoms with van der Waals surface area (Å²) in [6.45, 7) is 0. The number of rotatable bonds is 10. The quantitative estimate of drug-likeness (QED) is 0.134. The van der Waals surface area contributed by atoms with Gasteiger partial charge in [-0.3, -0.25) is 0 Å². The molecule has 0 aliphatic rings. The average molecular weight is 778 g/mol. The Bertz CT molecular complexity index is 2920. The predicted molar refractivity (Wildman–Crippen MR) is 259 cm³/mol. The van der Waals surface area contributed by atoms with E-state index in [1.807, 2.05) is 0 Å². The fourth-order valence-electron chi connectivity index (χ4n) is 8.39. The van der Waals surface area contributed by atoms with E-state index < -0.39 is 0 Å². The largest absolute Gasteiger partial charge is 0.311 e. The molecule has 0 aromatic heterocycles. The molecule has 0 bridgehead atoms. The molecule has 10 aromatic carbocycles. The topological polar surface area (TPSA) is 3.24 Å². The Labute approximate surface area is 359 Å². The Kier molecular flexibility index (Phi) is 10.4. The second-order valence-corrected chi connectivity index (χ2v) is 15.3. The molecule has 0 saturated heterocycles. The van der Waals surface area contributed by atoms with Crippen LogP contribution in [-0.2, 0) is 0 Å². The molecule has 0 spiro atoms. The van der Waals surface area contributed by atoms with Gasteiger partial charge in [0.15, 0.2) is 0 Å². The van der Waals surface area contributed by atoms with Crippen molar-refractivity contribution < 1.29 is 0 Å². The number of nitrogens with zero attached hydrogens (tertiary/aromatic N) is 1. The SMILES string of the molecule is c1ccc(-c2ccc(-c3ccc(N(c4ccc(-c5ccccc5)cc4)c4ccc(-c5c(-c6ccccc6)cc(-c6ccccc6)cc5-c5ccccc5)cc4)cc3)cc2)cc1. The molecule has 0 N–H and O–H groups in total. The van der Waals surface area contributed by atoms with Gasteiger partial charge in [-0.25, -0.2) is 0 Å². The third-order valence-electron chi connectivity index (χ3n) is 11.5. The third kappa shape index (κ3) is 7.93. The summed E-state index contributed by atoms with van der Waals surface area (Å²) in [5, 5.41) is 0. The Morgan fingerprint density at radius 1 is 0.180 bits per heavy atom. The molecule has 1 heteroatoms. The van der Waals surface area contributed by atoms with Crippen molar-refractivity contribution >= 4 is 17.1 Å². The highest BCUT2D eigenvalue weighted by Crippen LogP contribution is 2.45. The van der Waals surface area contributed by atoms with E-state index in [1.165, 1.54) is 72.3 Å². The van der Waals surface area contributed by atoms with Crippen LogP contribution in [0.1, 0.15) is 0 Å². The van der Waals surface area contributed by atoms with Crippen LogP contribution in [0, 0.1) is 0 Å². The highest BCUT2D eigenvalue weighted by atomic mass is 15.1. The highest BCUT2D eigenvalue weighted by molar-refractivity contribution is 5.98. The van der Waals surface area contributed by atoms with E-state index in [-0.39, 0.29) is 0 Å². The lowest BCUT2D eigenvalue weighted by molar-refractivity contribution is 1.28. The fourth-order valence-corrected chi connectivity index (χ4v) is 8.39. The van der Waals surface area contributed by atoms with Crippen LogP contribution in [0.15, 0.2) is 261 Å². The van der Waals surface area contributed by atoms with Crippen molar-refractivity contribution in [3.05, 3.63) is 261 Å². The van der Waals surface area contributed by atoms with Crippen molar-refractivity contribution in [2.75, 3.05) is 4.90 Å². The van der Waals surface area contributed by atoms with Crippen molar-refractivity contribution in [1.82, 2.24) is 0 Å². The second-order valence-electron chi connectivity index (χ2n) is 15.3. The third-order valence-corrected chi connectivity index (χ3v) is 11.5. The minimum atomic E-state index is 1.08. The van der Waals surface area contributed by atoms with Crippen LogP contribution in [0.5, 0.6) is 0 Å². The lowest BCUT2D eigenvalue weighted by Gasteiger charge is -2.26. The van der Waals surface area contributed by atoms with Gasteiger partial charge >= 0.3 is 0 Å². The molecule has 1 nitrogen and oxygen atoms in total. The fraction of sp³-hybridized carbons (Fsp3) is 0. The molecule has 0 atom stereocenters. The van der Waals surface area contributed by atoms with Gasteiger partial charge in [-0.2, -0.15) is 0 Å². The van der Waals surface area contributed by atoms with Gasteiger partial charge in [0.25, 0.3) is 0 Å². The van der Waals surface area contributed by atoms with Crippen LogP contribution in [0.25, 0.3) is 77.9 Å². The zero-order chi connectivity index (χ0) is 40.8. The number of hydrogen-bond donors (Lipinski definition) is 0. The first kappa shape index (κ1) is 37.3. The van der Waals surface area contributed by atoms with E-state index in [4.69, 9.17) is 0 Å². The molecule has 10 rings (SSSR count). The molecule has 0 amide bonds. The molecule has 0 radical (unpaired) electrons. The Hall–Kier alpha value is -8.00. The van der Waals surface area contributed by atoms with Gasteiger partial charge in [-0.1, -0.05) is 212 Å². The van der Waals surface area contributed by atoms with Crippen molar-refractivity contribution in [2.45, 2.75) is 0 Å². The van der Waals surface area contributed by atoms with Crippen LogP contribution in [0.2, 0.25) is 0 Å². The molecule has 0 heterocycles. The van der Waals surface area contributed by atoms with E-state index in [0.717, 1.165) is 22.6 Å². The maximum absolute atomic E-state index is 2.36. The van der Waals surface area contributed by atoms with Crippen LogP contribution >= 0.6 is 0 Å². The van der Waals surface area contributed by atoms with Gasteiger partial charge in [-0.05, 0) is 126 Å². The standard InChI is InChI=1S/C60H43N/c1-6-16-44(17-7-1)47-26-28-48(29-27-47)50-32-38-56(39-33-50)61(55-36-30-49(31-37-55)45-18-8-2-9-19-45)57-40-34-53(35-41-57)60-58(51-22-12-4-13-23-51)42-54(46-20-10-3-11-21-46)43-59(60)52-24-14-5-15-25-52/h1-43H. The van der Waals surface area contributed by atoms with E-state index in [1.54, 1.807) is 0 Å². The average Bonchev–Trinajstić information content (AvgIpc) is 3.36. The van der Waals surface area contributed by atoms with Gasteiger partial charge in [-0.15, -0.1) is 0 Å². The lowest BCUT2D eigenvalue weighted by atomic mass is 9.84. The lowest BCUT2D eigenvalue weighted by Crippen LogP contribution is -2.09. The smallest absolute Gasteiger partial charge is 0.0462 e. The summed E-state index contributed by atoms with van der Waals surface area (Å²) >= 11 is 0. The van der Waals surface area contributed by atoms with Crippen molar-refractivity contribution in [3.8, 4) is 77.9 Å². The first-order valence-corrected chi connectivity index (χ1v) is 20.9. The molecule has 0 aliphatic heterocycles. The zero-order valence-corrected chi connectivity index (χ0v) is 33.8. The Morgan fingerprint density at radius 2 is 0.410 bits per heavy atom. The number of benzene rings is 10. The maximum Gasteiger partial charge on any atom is 0.0462 e. The summed E-state index contributed by atoms with van der Waals surface area (Å²) in [6.07, 6.45) is 0. The van der Waals surface area contributed by atoms with Crippen LogP contribution in [0.3, 0.4) is 0 Å². The van der Waals surface area contributed by atoms with Crippen molar-refractivity contribution in [1.29, 1.82) is 0 Å². The summed E-state index contributed by atoms with van der Waals surface area (Å²) in [6, 6.07) is 94.0. The molecule has 0 unspecified atom stereocenters. The van der Waals surface area contributed by atoms with Crippen molar-refractivity contribution in [3.63, 3.8) is 0 Å². The van der Waals surface area contributed by atoms with Gasteiger partial charge in [0, 0.05) is 17.1 Å². The Morgan fingerprint density at radius 3 is 0.721 bits per heavy atom. The molecule has 0 fully saturated rings. The molecule has 288 valence electrons. The van der Waals surface area contributed by atoms with Crippen LogP contribution in [0.4, 0.5) is 17.1 Å². The van der Waals surface area contributed by atoms with E-state index >= 15 is 0 Å². The van der Waals surface area contributed by atoms with Crippen molar-refractivity contribution in [2.24, 2.45) is 0 Å². The van der Waals surface area contributed by atoms with Crippen LogP contribution in [-0.4, -0.2) is 0 Å². The molecular formula is C60H43N. The second kappa shape index (κ2) is 17.1. The highest BCUT2D eigenvalue weighted by Gasteiger charge is 2.19. The minimum Gasteiger partial charge on any atom is -0.311 e. The Balaban J connectivity index is 1.07. The molecule has 0 aliphatic carbocycles. The molecular weight excluding hydrogens is 735 g/mol. The zero-order valence-electron chi connectivity index (χ0n) is 33.8.